The first-order chi connectivity index (χ1) is 7.13. The highest BCUT2D eigenvalue weighted by Crippen LogP contribution is 2.18. The van der Waals surface area contributed by atoms with Gasteiger partial charge >= 0.3 is 0 Å². The topological polar surface area (TPSA) is 26.0 Å². The summed E-state index contributed by atoms with van der Waals surface area (Å²) in [5.74, 6) is -0.220. The zero-order chi connectivity index (χ0) is 11.3. The third-order valence-corrected chi connectivity index (χ3v) is 2.73. The predicted molar refractivity (Wildman–Crippen MR) is 65.2 cm³/mol. The number of allylic oxidation sites excluding steroid dienone is 1. The van der Waals surface area contributed by atoms with Crippen molar-refractivity contribution in [3.8, 4) is 0 Å². The Morgan fingerprint density at radius 2 is 2.27 bits per heavy atom. The van der Waals surface area contributed by atoms with E-state index in [-0.39, 0.29) is 5.82 Å². The molecule has 0 aromatic heterocycles. The Balaban J connectivity index is 2.68. The molecule has 1 aromatic carbocycles. The molecular weight excluding hydrogens is 257 g/mol. The lowest BCUT2D eigenvalue weighted by Gasteiger charge is -2.03. The van der Waals surface area contributed by atoms with Gasteiger partial charge in [0.1, 0.15) is 5.82 Å². The normalized spacial score (nSPS) is 11.9. The van der Waals surface area contributed by atoms with Crippen LogP contribution < -0.4 is 5.73 Å². The molecule has 15 heavy (non-hydrogen) atoms. The van der Waals surface area contributed by atoms with Gasteiger partial charge in [-0.2, -0.15) is 0 Å². The van der Waals surface area contributed by atoms with Gasteiger partial charge in [-0.1, -0.05) is 17.7 Å². The minimum atomic E-state index is -0.220. The molecule has 0 radical (unpaired) electrons. The molecule has 0 spiro atoms. The molecule has 0 bridgehead atoms. The second-order valence-corrected chi connectivity index (χ2v) is 4.41. The first-order valence-electron chi connectivity index (χ1n) is 4.93. The lowest BCUT2D eigenvalue weighted by molar-refractivity contribution is 0.620. The van der Waals surface area contributed by atoms with Gasteiger partial charge in [-0.05, 0) is 59.9 Å². The van der Waals surface area contributed by atoms with Crippen LogP contribution >= 0.6 is 15.9 Å². The smallest absolute Gasteiger partial charge is 0.137 e. The van der Waals surface area contributed by atoms with E-state index in [9.17, 15) is 4.39 Å². The maximum absolute atomic E-state index is 13.0. The van der Waals surface area contributed by atoms with Gasteiger partial charge in [0.25, 0.3) is 0 Å². The Morgan fingerprint density at radius 1 is 1.53 bits per heavy atom. The van der Waals surface area contributed by atoms with E-state index in [2.05, 4.69) is 28.9 Å². The second kappa shape index (κ2) is 6.03. The van der Waals surface area contributed by atoms with E-state index in [1.165, 1.54) is 11.6 Å². The summed E-state index contributed by atoms with van der Waals surface area (Å²) in [4.78, 5) is 0. The first kappa shape index (κ1) is 12.4. The number of hydrogen-bond acceptors (Lipinski definition) is 1. The molecule has 3 heteroatoms. The van der Waals surface area contributed by atoms with Crippen molar-refractivity contribution < 1.29 is 4.39 Å². The van der Waals surface area contributed by atoms with Gasteiger partial charge in [0, 0.05) is 0 Å². The summed E-state index contributed by atoms with van der Waals surface area (Å²) in [7, 11) is 0. The van der Waals surface area contributed by atoms with E-state index in [0.29, 0.717) is 11.0 Å². The van der Waals surface area contributed by atoms with Gasteiger partial charge in [-0.3, -0.25) is 0 Å². The Labute approximate surface area is 98.3 Å². The van der Waals surface area contributed by atoms with Crippen LogP contribution in [0.15, 0.2) is 34.3 Å². The fourth-order valence-corrected chi connectivity index (χ4v) is 1.80. The van der Waals surface area contributed by atoms with Crippen molar-refractivity contribution in [3.63, 3.8) is 0 Å². The number of hydrogen-bond donors (Lipinski definition) is 1. The Morgan fingerprint density at radius 3 is 2.87 bits per heavy atom. The SMILES string of the molecule is CC(=CCCN)Cc1ccc(F)c(Br)c1. The summed E-state index contributed by atoms with van der Waals surface area (Å²) in [6.07, 6.45) is 3.87. The third kappa shape index (κ3) is 4.14. The summed E-state index contributed by atoms with van der Waals surface area (Å²) < 4.78 is 13.5. The molecule has 0 saturated carbocycles. The highest BCUT2D eigenvalue weighted by molar-refractivity contribution is 9.10. The molecule has 2 N–H and O–H groups in total. The summed E-state index contributed by atoms with van der Waals surface area (Å²) in [5.41, 5.74) is 7.78. The summed E-state index contributed by atoms with van der Waals surface area (Å²) in [5, 5.41) is 0. The lowest BCUT2D eigenvalue weighted by Crippen LogP contribution is -1.97. The van der Waals surface area contributed by atoms with Crippen LogP contribution in [0.1, 0.15) is 18.9 Å². The van der Waals surface area contributed by atoms with Gasteiger partial charge in [-0.15, -0.1) is 0 Å². The summed E-state index contributed by atoms with van der Waals surface area (Å²) in [6.45, 7) is 2.73. The number of benzene rings is 1. The van der Waals surface area contributed by atoms with Crippen molar-refractivity contribution in [2.24, 2.45) is 5.73 Å². The van der Waals surface area contributed by atoms with Crippen molar-refractivity contribution in [3.05, 3.63) is 45.7 Å². The fourth-order valence-electron chi connectivity index (χ4n) is 1.37. The van der Waals surface area contributed by atoms with Crippen molar-refractivity contribution in [2.75, 3.05) is 6.54 Å². The van der Waals surface area contributed by atoms with Crippen LogP contribution in [0.25, 0.3) is 0 Å². The van der Waals surface area contributed by atoms with E-state index in [1.807, 2.05) is 6.07 Å². The fraction of sp³-hybridized carbons (Fsp3) is 0.333. The maximum atomic E-state index is 13.0. The van der Waals surface area contributed by atoms with Crippen LogP contribution in [0.2, 0.25) is 0 Å². The first-order valence-corrected chi connectivity index (χ1v) is 5.72. The standard InChI is InChI=1S/C12H15BrFN/c1-9(3-2-6-15)7-10-4-5-12(14)11(13)8-10/h3-5,8H,2,6-7,15H2,1H3. The van der Waals surface area contributed by atoms with Gasteiger partial charge in [0.05, 0.1) is 4.47 Å². The highest BCUT2D eigenvalue weighted by atomic mass is 79.9. The van der Waals surface area contributed by atoms with Gasteiger partial charge in [0.2, 0.25) is 0 Å². The van der Waals surface area contributed by atoms with Crippen LogP contribution in [0.3, 0.4) is 0 Å². The van der Waals surface area contributed by atoms with Crippen molar-refractivity contribution >= 4 is 15.9 Å². The Bertz CT molecular complexity index is 361. The van der Waals surface area contributed by atoms with E-state index in [1.54, 1.807) is 6.07 Å². The molecule has 1 rings (SSSR count). The second-order valence-electron chi connectivity index (χ2n) is 3.55. The van der Waals surface area contributed by atoms with Gasteiger partial charge < -0.3 is 5.73 Å². The predicted octanol–water partition coefficient (Wildman–Crippen LogP) is 3.43. The molecule has 0 aliphatic rings. The largest absolute Gasteiger partial charge is 0.330 e. The van der Waals surface area contributed by atoms with Crippen LogP contribution in [0, 0.1) is 5.82 Å². The van der Waals surface area contributed by atoms with Crippen LogP contribution in [-0.4, -0.2) is 6.54 Å². The molecule has 0 amide bonds. The molecular formula is C12H15BrFN. The minimum absolute atomic E-state index is 0.220. The average molecular weight is 272 g/mol. The van der Waals surface area contributed by atoms with Crippen LogP contribution in [0.4, 0.5) is 4.39 Å². The molecule has 0 saturated heterocycles. The molecule has 0 aliphatic heterocycles. The van der Waals surface area contributed by atoms with E-state index < -0.39 is 0 Å². The van der Waals surface area contributed by atoms with Crippen LogP contribution in [-0.2, 0) is 6.42 Å². The van der Waals surface area contributed by atoms with Crippen molar-refractivity contribution in [1.29, 1.82) is 0 Å². The number of nitrogens with two attached hydrogens (primary N) is 1. The highest BCUT2D eigenvalue weighted by Gasteiger charge is 2.00. The van der Waals surface area contributed by atoms with E-state index in [4.69, 9.17) is 5.73 Å². The monoisotopic (exact) mass is 271 g/mol. The molecule has 0 atom stereocenters. The number of rotatable bonds is 4. The van der Waals surface area contributed by atoms with Gasteiger partial charge in [-0.25, -0.2) is 4.39 Å². The molecule has 1 nitrogen and oxygen atoms in total. The number of halogens is 2. The zero-order valence-electron chi connectivity index (χ0n) is 8.76. The Kier molecular flexibility index (Phi) is 4.99. The molecule has 0 fully saturated rings. The quantitative estimate of drug-likeness (QED) is 0.835. The zero-order valence-corrected chi connectivity index (χ0v) is 10.3. The van der Waals surface area contributed by atoms with Crippen LogP contribution in [0.5, 0.6) is 0 Å². The maximum Gasteiger partial charge on any atom is 0.137 e. The lowest BCUT2D eigenvalue weighted by atomic mass is 10.1. The molecule has 82 valence electrons. The van der Waals surface area contributed by atoms with Crippen molar-refractivity contribution in [1.82, 2.24) is 0 Å². The molecule has 0 heterocycles. The van der Waals surface area contributed by atoms with Gasteiger partial charge in [0.15, 0.2) is 0 Å². The minimum Gasteiger partial charge on any atom is -0.330 e. The summed E-state index contributed by atoms with van der Waals surface area (Å²) >= 11 is 3.17. The molecule has 1 aromatic rings. The summed E-state index contributed by atoms with van der Waals surface area (Å²) in [6, 6.07) is 5.10. The average Bonchev–Trinajstić information content (AvgIpc) is 2.20. The molecule has 0 unspecified atom stereocenters. The Hall–Kier alpha value is -0.670. The van der Waals surface area contributed by atoms with E-state index >= 15 is 0 Å². The third-order valence-electron chi connectivity index (χ3n) is 2.13. The van der Waals surface area contributed by atoms with Crippen molar-refractivity contribution in [2.45, 2.75) is 19.8 Å². The van der Waals surface area contributed by atoms with E-state index in [0.717, 1.165) is 18.4 Å². The molecule has 0 aliphatic carbocycles.